The van der Waals surface area contributed by atoms with E-state index in [1.54, 1.807) is 24.3 Å². The van der Waals surface area contributed by atoms with Gasteiger partial charge in [0, 0.05) is 11.4 Å². The van der Waals surface area contributed by atoms with Gasteiger partial charge < -0.3 is 18.9 Å². The van der Waals surface area contributed by atoms with E-state index in [1.165, 1.54) is 14.2 Å². The van der Waals surface area contributed by atoms with E-state index in [1.807, 2.05) is 6.07 Å². The molecule has 0 saturated carbocycles. The van der Waals surface area contributed by atoms with Gasteiger partial charge in [-0.2, -0.15) is 0 Å². The summed E-state index contributed by atoms with van der Waals surface area (Å²) in [5.41, 5.74) is 0.614. The Kier molecular flexibility index (Phi) is 6.02. The molecule has 6 nitrogen and oxygen atoms in total. The third-order valence-corrected chi connectivity index (χ3v) is 5.08. The summed E-state index contributed by atoms with van der Waals surface area (Å²) in [6, 6.07) is 8.92. The minimum Gasteiger partial charge on any atom is -0.467 e. The van der Waals surface area contributed by atoms with E-state index in [4.69, 9.17) is 30.5 Å². The van der Waals surface area contributed by atoms with Crippen molar-refractivity contribution in [3.05, 3.63) is 35.9 Å². The molecular weight excluding hydrogens is 392 g/mol. The molecule has 0 bridgehead atoms. The molecule has 1 fully saturated rings. The number of hydrogen-bond acceptors (Lipinski definition) is 6. The lowest BCUT2D eigenvalue weighted by molar-refractivity contribution is -0.192. The van der Waals surface area contributed by atoms with Crippen LogP contribution in [-0.2, 0) is 34.3 Å². The van der Waals surface area contributed by atoms with Crippen LogP contribution in [0.5, 0.6) is 0 Å². The summed E-state index contributed by atoms with van der Waals surface area (Å²) in [5.74, 6) is -2.75. The molecule has 1 saturated heterocycles. The number of esters is 2. The van der Waals surface area contributed by atoms with E-state index in [0.29, 0.717) is 5.56 Å². The molecule has 8 heteroatoms. The third-order valence-electron chi connectivity index (χ3n) is 3.47. The molecule has 1 aliphatic rings. The quantitative estimate of drug-likeness (QED) is 0.549. The first kappa shape index (κ1) is 18.2. The van der Waals surface area contributed by atoms with Crippen molar-refractivity contribution in [2.45, 2.75) is 22.8 Å². The maximum atomic E-state index is 12.0. The van der Waals surface area contributed by atoms with Crippen molar-refractivity contribution in [3.63, 3.8) is 0 Å². The summed E-state index contributed by atoms with van der Waals surface area (Å²) in [4.78, 5) is 23.5. The van der Waals surface area contributed by atoms with Gasteiger partial charge in [0.2, 0.25) is 5.79 Å². The van der Waals surface area contributed by atoms with Crippen LogP contribution in [0.4, 0.5) is 0 Å². The van der Waals surface area contributed by atoms with Gasteiger partial charge in [-0.05, 0) is 0 Å². The first-order chi connectivity index (χ1) is 11.0. The van der Waals surface area contributed by atoms with Gasteiger partial charge in [0.15, 0.2) is 12.2 Å². The number of carbonyl (C=O) groups excluding carboxylic acids is 2. The van der Waals surface area contributed by atoms with Crippen molar-refractivity contribution >= 4 is 39.5 Å². The second kappa shape index (κ2) is 7.61. The summed E-state index contributed by atoms with van der Waals surface area (Å²) < 4.78 is 21.1. The first-order valence-corrected chi connectivity index (χ1v) is 8.22. The van der Waals surface area contributed by atoms with Gasteiger partial charge in [0.1, 0.15) is 0 Å². The fourth-order valence-electron chi connectivity index (χ4n) is 2.34. The van der Waals surface area contributed by atoms with Gasteiger partial charge in [0.05, 0.1) is 19.0 Å². The van der Waals surface area contributed by atoms with E-state index < -0.39 is 34.8 Å². The number of ether oxygens (including phenoxy) is 4. The van der Waals surface area contributed by atoms with Crippen molar-refractivity contribution in [3.8, 4) is 0 Å². The average Bonchev–Trinajstić information content (AvgIpc) is 3.02. The van der Waals surface area contributed by atoms with Crippen molar-refractivity contribution in [1.29, 1.82) is 0 Å². The van der Waals surface area contributed by atoms with Crippen LogP contribution in [0.15, 0.2) is 30.3 Å². The van der Waals surface area contributed by atoms with Crippen LogP contribution >= 0.6 is 27.5 Å². The minimum atomic E-state index is -1.42. The number of carbonyl (C=O) groups is 2. The number of hydrogen-bond donors (Lipinski definition) is 0. The molecule has 2 rings (SSSR count). The highest BCUT2D eigenvalue weighted by Gasteiger charge is 2.58. The zero-order valence-electron chi connectivity index (χ0n) is 12.5. The predicted molar refractivity (Wildman–Crippen MR) is 85.3 cm³/mol. The summed E-state index contributed by atoms with van der Waals surface area (Å²) in [7, 11) is 2.41. The minimum absolute atomic E-state index is 0.122. The Morgan fingerprint density at radius 1 is 1.17 bits per heavy atom. The Morgan fingerprint density at radius 3 is 2.04 bits per heavy atom. The SMILES string of the molecule is COC(=O)[C@@H]1OC(c2ccccc2)(C(Br)CCl)O[C@H]1C(=O)OC. The maximum absolute atomic E-state index is 12.0. The van der Waals surface area contributed by atoms with Crippen LogP contribution in [0, 0.1) is 0 Å². The molecule has 0 radical (unpaired) electrons. The highest BCUT2D eigenvalue weighted by Crippen LogP contribution is 2.44. The van der Waals surface area contributed by atoms with Crippen molar-refractivity contribution in [2.75, 3.05) is 20.1 Å². The van der Waals surface area contributed by atoms with E-state index >= 15 is 0 Å². The van der Waals surface area contributed by atoms with Crippen LogP contribution in [0.3, 0.4) is 0 Å². The fourth-order valence-corrected chi connectivity index (χ4v) is 3.02. The molecule has 0 aromatic heterocycles. The molecule has 23 heavy (non-hydrogen) atoms. The molecule has 0 N–H and O–H groups in total. The lowest BCUT2D eigenvalue weighted by atomic mass is 10.0. The molecule has 1 unspecified atom stereocenters. The molecule has 1 aliphatic heterocycles. The zero-order valence-corrected chi connectivity index (χ0v) is 14.9. The fraction of sp³-hybridized carbons (Fsp3) is 0.467. The van der Waals surface area contributed by atoms with Gasteiger partial charge in [-0.3, -0.25) is 0 Å². The number of alkyl halides is 2. The Labute approximate surface area is 147 Å². The molecule has 0 amide bonds. The van der Waals surface area contributed by atoms with Gasteiger partial charge >= 0.3 is 11.9 Å². The Hall–Kier alpha value is -1.15. The largest absolute Gasteiger partial charge is 0.467 e. The predicted octanol–water partition coefficient (Wildman–Crippen LogP) is 1.97. The summed E-state index contributed by atoms with van der Waals surface area (Å²) in [6.45, 7) is 0. The Morgan fingerprint density at radius 2 is 1.65 bits per heavy atom. The molecule has 1 aromatic rings. The Bertz CT molecular complexity index is 542. The topological polar surface area (TPSA) is 71.1 Å². The van der Waals surface area contributed by atoms with Gasteiger partial charge in [-0.15, -0.1) is 11.6 Å². The van der Waals surface area contributed by atoms with Crippen molar-refractivity contribution < 1.29 is 28.5 Å². The second-order valence-corrected chi connectivity index (χ2v) is 6.19. The van der Waals surface area contributed by atoms with Crippen LogP contribution in [0.25, 0.3) is 0 Å². The van der Waals surface area contributed by atoms with Gasteiger partial charge in [-0.1, -0.05) is 46.3 Å². The van der Waals surface area contributed by atoms with Crippen LogP contribution in [0.2, 0.25) is 0 Å². The molecule has 1 heterocycles. The monoisotopic (exact) mass is 406 g/mol. The van der Waals surface area contributed by atoms with E-state index in [0.717, 1.165) is 0 Å². The van der Waals surface area contributed by atoms with Crippen molar-refractivity contribution in [1.82, 2.24) is 0 Å². The zero-order chi connectivity index (χ0) is 17.0. The molecular formula is C15H16BrClO6. The molecule has 0 aliphatic carbocycles. The lowest BCUT2D eigenvalue weighted by Crippen LogP contribution is -2.40. The first-order valence-electron chi connectivity index (χ1n) is 6.77. The third kappa shape index (κ3) is 3.38. The number of halogens is 2. The molecule has 0 spiro atoms. The van der Waals surface area contributed by atoms with Gasteiger partial charge in [0.25, 0.3) is 0 Å². The van der Waals surface area contributed by atoms with E-state index in [2.05, 4.69) is 15.9 Å². The maximum Gasteiger partial charge on any atom is 0.338 e. The summed E-state index contributed by atoms with van der Waals surface area (Å²) >= 11 is 9.36. The summed E-state index contributed by atoms with van der Waals surface area (Å²) in [6.07, 6.45) is -2.51. The van der Waals surface area contributed by atoms with Gasteiger partial charge in [-0.25, -0.2) is 9.59 Å². The number of rotatable bonds is 5. The molecule has 3 atom stereocenters. The van der Waals surface area contributed by atoms with Crippen molar-refractivity contribution in [2.24, 2.45) is 0 Å². The number of benzene rings is 1. The van der Waals surface area contributed by atoms with Crippen LogP contribution in [0.1, 0.15) is 5.56 Å². The lowest BCUT2D eigenvalue weighted by Gasteiger charge is -2.32. The summed E-state index contributed by atoms with van der Waals surface area (Å²) in [5, 5.41) is 0. The van der Waals surface area contributed by atoms with E-state index in [-0.39, 0.29) is 5.88 Å². The van der Waals surface area contributed by atoms with Crippen LogP contribution in [-0.4, -0.2) is 49.1 Å². The second-order valence-electron chi connectivity index (χ2n) is 4.78. The molecule has 126 valence electrons. The standard InChI is InChI=1S/C15H16BrClO6/c1-20-13(18)11-12(14(19)21-2)23-15(22-11,10(16)8-17)9-6-4-3-5-7-9/h3-7,10-12H,8H2,1-2H3/t10?,11-,12-/m1/s1. The smallest absolute Gasteiger partial charge is 0.338 e. The van der Waals surface area contributed by atoms with Crippen LogP contribution < -0.4 is 0 Å². The van der Waals surface area contributed by atoms with E-state index in [9.17, 15) is 9.59 Å². The highest BCUT2D eigenvalue weighted by atomic mass is 79.9. The number of methoxy groups -OCH3 is 2. The molecule has 1 aromatic carbocycles. The Balaban J connectivity index is 2.48. The normalized spacial score (nSPS) is 24.0. The average molecular weight is 408 g/mol. The highest BCUT2D eigenvalue weighted by molar-refractivity contribution is 9.09.